The van der Waals surface area contributed by atoms with Crippen LogP contribution in [0.2, 0.25) is 0 Å². The molecule has 2 rings (SSSR count). The van der Waals surface area contributed by atoms with Gasteiger partial charge in [-0.05, 0) is 17.7 Å². The van der Waals surface area contributed by atoms with Crippen molar-refractivity contribution in [2.75, 3.05) is 5.32 Å². The van der Waals surface area contributed by atoms with E-state index in [1.807, 2.05) is 24.3 Å². The summed E-state index contributed by atoms with van der Waals surface area (Å²) in [5, 5.41) is 3.20. The van der Waals surface area contributed by atoms with Gasteiger partial charge in [-0.2, -0.15) is 0 Å². The second-order valence-electron chi connectivity index (χ2n) is 3.28. The predicted molar refractivity (Wildman–Crippen MR) is 59.9 cm³/mol. The van der Waals surface area contributed by atoms with E-state index in [1.165, 1.54) is 5.56 Å². The first-order valence-electron chi connectivity index (χ1n) is 4.80. The van der Waals surface area contributed by atoms with E-state index in [4.69, 9.17) is 0 Å². The third kappa shape index (κ3) is 2.47. The molecule has 0 saturated carbocycles. The molecule has 1 heterocycles. The molecule has 3 heteroatoms. The summed E-state index contributed by atoms with van der Waals surface area (Å²) in [4.78, 5) is 13.4. The lowest BCUT2D eigenvalue weighted by atomic mass is 10.2. The molecule has 0 saturated heterocycles. The van der Waals surface area contributed by atoms with Crippen LogP contribution >= 0.6 is 0 Å². The van der Waals surface area contributed by atoms with E-state index in [2.05, 4.69) is 22.4 Å². The molecule has 0 aliphatic rings. The first-order chi connectivity index (χ1) is 7.38. The molecule has 2 aromatic rings. The maximum Gasteiger partial charge on any atom is 0.166 e. The van der Waals surface area contributed by atoms with Gasteiger partial charge in [0.2, 0.25) is 0 Å². The van der Waals surface area contributed by atoms with E-state index >= 15 is 0 Å². The van der Waals surface area contributed by atoms with Gasteiger partial charge in [-0.15, -0.1) is 0 Å². The fourth-order valence-corrected chi connectivity index (χ4v) is 1.38. The molecule has 0 bridgehead atoms. The summed E-state index contributed by atoms with van der Waals surface area (Å²) in [7, 11) is 0. The highest BCUT2D eigenvalue weighted by molar-refractivity contribution is 5.73. The van der Waals surface area contributed by atoms with Crippen molar-refractivity contribution in [3.63, 3.8) is 0 Å². The van der Waals surface area contributed by atoms with Gasteiger partial charge in [-0.25, -0.2) is 0 Å². The van der Waals surface area contributed by atoms with Crippen LogP contribution in [0.4, 0.5) is 5.82 Å². The summed E-state index contributed by atoms with van der Waals surface area (Å²) < 4.78 is 0. The zero-order chi connectivity index (χ0) is 10.5. The van der Waals surface area contributed by atoms with Crippen molar-refractivity contribution in [1.29, 1.82) is 0 Å². The van der Waals surface area contributed by atoms with Gasteiger partial charge in [0.25, 0.3) is 0 Å². The molecular weight excluding hydrogens is 188 g/mol. The van der Waals surface area contributed by atoms with E-state index in [-0.39, 0.29) is 0 Å². The van der Waals surface area contributed by atoms with Gasteiger partial charge in [0, 0.05) is 6.54 Å². The minimum Gasteiger partial charge on any atom is -0.368 e. The number of benzene rings is 1. The SMILES string of the molecule is O=Cc1ccc(NCc2ccccc2)[nH]1. The van der Waals surface area contributed by atoms with Crippen molar-refractivity contribution in [2.45, 2.75) is 6.54 Å². The highest BCUT2D eigenvalue weighted by atomic mass is 16.1. The molecule has 0 unspecified atom stereocenters. The number of hydrogen-bond donors (Lipinski definition) is 2. The number of carbonyl (C=O) groups is 1. The van der Waals surface area contributed by atoms with Crippen LogP contribution in [-0.2, 0) is 6.54 Å². The Morgan fingerprint density at radius 1 is 1.13 bits per heavy atom. The molecule has 1 aromatic heterocycles. The number of rotatable bonds is 4. The highest BCUT2D eigenvalue weighted by Crippen LogP contribution is 2.07. The van der Waals surface area contributed by atoms with Crippen molar-refractivity contribution in [3.05, 3.63) is 53.7 Å². The Morgan fingerprint density at radius 3 is 2.60 bits per heavy atom. The molecule has 0 aliphatic heterocycles. The molecule has 76 valence electrons. The maximum absolute atomic E-state index is 10.4. The molecule has 0 radical (unpaired) electrons. The molecule has 3 nitrogen and oxygen atoms in total. The van der Waals surface area contributed by atoms with Crippen molar-refractivity contribution in [1.82, 2.24) is 4.98 Å². The first kappa shape index (κ1) is 9.52. The molecule has 1 aromatic carbocycles. The third-order valence-corrected chi connectivity index (χ3v) is 2.16. The van der Waals surface area contributed by atoms with Crippen molar-refractivity contribution < 1.29 is 4.79 Å². The Morgan fingerprint density at radius 2 is 1.93 bits per heavy atom. The van der Waals surface area contributed by atoms with Crippen molar-refractivity contribution >= 4 is 12.1 Å². The zero-order valence-corrected chi connectivity index (χ0v) is 8.23. The van der Waals surface area contributed by atoms with E-state index < -0.39 is 0 Å². The summed E-state index contributed by atoms with van der Waals surface area (Å²) in [5.41, 5.74) is 1.80. The Bertz CT molecular complexity index is 434. The summed E-state index contributed by atoms with van der Waals surface area (Å²) >= 11 is 0. The van der Waals surface area contributed by atoms with Crippen LogP contribution in [0.3, 0.4) is 0 Å². The second-order valence-corrected chi connectivity index (χ2v) is 3.28. The van der Waals surface area contributed by atoms with E-state index in [9.17, 15) is 4.79 Å². The minimum absolute atomic E-state index is 0.588. The molecule has 0 aliphatic carbocycles. The van der Waals surface area contributed by atoms with E-state index in [0.29, 0.717) is 5.69 Å². The van der Waals surface area contributed by atoms with Gasteiger partial charge in [0.15, 0.2) is 6.29 Å². The number of anilines is 1. The van der Waals surface area contributed by atoms with Gasteiger partial charge >= 0.3 is 0 Å². The molecule has 0 fully saturated rings. The largest absolute Gasteiger partial charge is 0.368 e. The number of H-pyrrole nitrogens is 1. The molecule has 0 spiro atoms. The Hall–Kier alpha value is -2.03. The first-order valence-corrected chi connectivity index (χ1v) is 4.80. The minimum atomic E-state index is 0.588. The van der Waals surface area contributed by atoms with Crippen molar-refractivity contribution in [3.8, 4) is 0 Å². The number of aldehydes is 1. The van der Waals surface area contributed by atoms with Crippen LogP contribution in [0.5, 0.6) is 0 Å². The normalized spacial score (nSPS) is 9.87. The lowest BCUT2D eigenvalue weighted by Crippen LogP contribution is -1.99. The Kier molecular flexibility index (Phi) is 2.83. The van der Waals surface area contributed by atoms with Crippen LogP contribution in [0.25, 0.3) is 0 Å². The van der Waals surface area contributed by atoms with Gasteiger partial charge in [-0.1, -0.05) is 30.3 Å². The lowest BCUT2D eigenvalue weighted by molar-refractivity contribution is 0.111. The second kappa shape index (κ2) is 4.46. The molecule has 0 atom stereocenters. The summed E-state index contributed by atoms with van der Waals surface area (Å²) in [6.07, 6.45) is 0.799. The fourth-order valence-electron chi connectivity index (χ4n) is 1.38. The monoisotopic (exact) mass is 200 g/mol. The van der Waals surface area contributed by atoms with Crippen LogP contribution in [-0.4, -0.2) is 11.3 Å². The highest BCUT2D eigenvalue weighted by Gasteiger charge is 1.96. The van der Waals surface area contributed by atoms with Crippen molar-refractivity contribution in [2.24, 2.45) is 0 Å². The van der Waals surface area contributed by atoms with Gasteiger partial charge < -0.3 is 10.3 Å². The van der Waals surface area contributed by atoms with Crippen LogP contribution in [0.15, 0.2) is 42.5 Å². The smallest absolute Gasteiger partial charge is 0.166 e. The summed E-state index contributed by atoms with van der Waals surface area (Å²) in [6, 6.07) is 13.7. The summed E-state index contributed by atoms with van der Waals surface area (Å²) in [6.45, 7) is 0.750. The average molecular weight is 200 g/mol. The van der Waals surface area contributed by atoms with Crippen LogP contribution in [0, 0.1) is 0 Å². The van der Waals surface area contributed by atoms with Gasteiger partial charge in [0.1, 0.15) is 5.82 Å². The summed E-state index contributed by atoms with van der Waals surface area (Å²) in [5.74, 6) is 0.862. The van der Waals surface area contributed by atoms with E-state index in [0.717, 1.165) is 18.6 Å². The number of aromatic amines is 1. The molecular formula is C12H12N2O. The third-order valence-electron chi connectivity index (χ3n) is 2.16. The number of carbonyl (C=O) groups excluding carboxylic acids is 1. The Labute approximate surface area is 88.1 Å². The van der Waals surface area contributed by atoms with Gasteiger partial charge in [-0.3, -0.25) is 4.79 Å². The van der Waals surface area contributed by atoms with E-state index in [1.54, 1.807) is 6.07 Å². The maximum atomic E-state index is 10.4. The van der Waals surface area contributed by atoms with Crippen LogP contribution < -0.4 is 5.32 Å². The number of aromatic nitrogens is 1. The predicted octanol–water partition coefficient (Wildman–Crippen LogP) is 2.44. The topological polar surface area (TPSA) is 44.9 Å². The zero-order valence-electron chi connectivity index (χ0n) is 8.23. The quantitative estimate of drug-likeness (QED) is 0.744. The number of hydrogen-bond acceptors (Lipinski definition) is 2. The molecule has 15 heavy (non-hydrogen) atoms. The molecule has 2 N–H and O–H groups in total. The standard InChI is InChI=1S/C12H12N2O/c15-9-11-6-7-12(14-11)13-8-10-4-2-1-3-5-10/h1-7,9,13-14H,8H2. The fraction of sp³-hybridized carbons (Fsp3) is 0.0833. The van der Waals surface area contributed by atoms with Crippen LogP contribution in [0.1, 0.15) is 16.1 Å². The lowest BCUT2D eigenvalue weighted by Gasteiger charge is -2.03. The van der Waals surface area contributed by atoms with Gasteiger partial charge in [0.05, 0.1) is 5.69 Å². The molecule has 0 amide bonds. The average Bonchev–Trinajstić information content (AvgIpc) is 2.76. The number of nitrogens with one attached hydrogen (secondary N) is 2. The Balaban J connectivity index is 1.96.